The fourth-order valence-electron chi connectivity index (χ4n) is 1.80. The second kappa shape index (κ2) is 8.86. The molecule has 1 amide bonds. The number of alkyl carbamates (subject to hydrolysis) is 1. The summed E-state index contributed by atoms with van der Waals surface area (Å²) in [7, 11) is -1.76. The fraction of sp³-hybridized carbons (Fsp3) is 0.684. The Labute approximate surface area is 158 Å². The number of hydrogen-bond donors (Lipinski definition) is 1. The molecular formula is C19H34N2O4Si. The molecule has 26 heavy (non-hydrogen) atoms. The maximum absolute atomic E-state index is 11.7. The molecule has 0 fully saturated rings. The number of carbonyl (C=O) groups is 1. The van der Waals surface area contributed by atoms with E-state index in [-0.39, 0.29) is 5.04 Å². The van der Waals surface area contributed by atoms with Gasteiger partial charge in [0.1, 0.15) is 18.0 Å². The molecule has 0 saturated heterocycles. The molecule has 148 valence electrons. The van der Waals surface area contributed by atoms with E-state index in [0.29, 0.717) is 25.5 Å². The summed E-state index contributed by atoms with van der Waals surface area (Å²) in [6.07, 6.45) is 2.89. The van der Waals surface area contributed by atoms with Crippen LogP contribution < -0.4 is 10.1 Å². The highest BCUT2D eigenvalue weighted by molar-refractivity contribution is 6.74. The van der Waals surface area contributed by atoms with Crippen LogP contribution in [0.15, 0.2) is 18.5 Å². The van der Waals surface area contributed by atoms with Gasteiger partial charge in [-0.15, -0.1) is 0 Å². The van der Waals surface area contributed by atoms with Crippen molar-refractivity contribution in [3.63, 3.8) is 0 Å². The number of nitrogens with zero attached hydrogens (tertiary/aromatic N) is 1. The molecule has 0 aliphatic carbocycles. The minimum atomic E-state index is -1.76. The SMILES string of the molecule is CC(C)(C)OC(=O)NCc1cncc(OCCO[Si](C)(C)C(C)(C)C)c1. The molecule has 1 N–H and O–H groups in total. The summed E-state index contributed by atoms with van der Waals surface area (Å²) in [6, 6.07) is 1.86. The van der Waals surface area contributed by atoms with Gasteiger partial charge in [0.25, 0.3) is 0 Å². The zero-order chi connectivity index (χ0) is 20.0. The van der Waals surface area contributed by atoms with Crippen LogP contribution in [0, 0.1) is 0 Å². The first-order valence-electron chi connectivity index (χ1n) is 8.98. The van der Waals surface area contributed by atoms with Gasteiger partial charge >= 0.3 is 6.09 Å². The number of rotatable bonds is 7. The lowest BCUT2D eigenvalue weighted by Crippen LogP contribution is -2.41. The van der Waals surface area contributed by atoms with E-state index in [1.54, 1.807) is 12.4 Å². The monoisotopic (exact) mass is 382 g/mol. The largest absolute Gasteiger partial charge is 0.490 e. The van der Waals surface area contributed by atoms with Gasteiger partial charge in [-0.2, -0.15) is 0 Å². The molecule has 1 aromatic heterocycles. The van der Waals surface area contributed by atoms with Crippen molar-refractivity contribution >= 4 is 14.4 Å². The Bertz CT molecular complexity index is 592. The summed E-state index contributed by atoms with van der Waals surface area (Å²) in [5.41, 5.74) is 0.330. The van der Waals surface area contributed by atoms with Gasteiger partial charge in [0.2, 0.25) is 0 Å². The second-order valence-corrected chi connectivity index (χ2v) is 13.7. The lowest BCUT2D eigenvalue weighted by atomic mass is 10.2. The topological polar surface area (TPSA) is 69.7 Å². The van der Waals surface area contributed by atoms with Crippen molar-refractivity contribution in [1.82, 2.24) is 10.3 Å². The lowest BCUT2D eigenvalue weighted by Gasteiger charge is -2.36. The van der Waals surface area contributed by atoms with Gasteiger partial charge in [0.15, 0.2) is 8.32 Å². The predicted molar refractivity (Wildman–Crippen MR) is 106 cm³/mol. The van der Waals surface area contributed by atoms with Crippen molar-refractivity contribution in [2.45, 2.75) is 71.8 Å². The molecule has 0 radical (unpaired) electrons. The Morgan fingerprint density at radius 2 is 1.77 bits per heavy atom. The number of nitrogens with one attached hydrogen (secondary N) is 1. The Hall–Kier alpha value is -1.60. The van der Waals surface area contributed by atoms with Gasteiger partial charge in [0, 0.05) is 12.7 Å². The molecule has 0 aliphatic rings. The van der Waals surface area contributed by atoms with E-state index in [2.05, 4.69) is 44.2 Å². The molecule has 0 saturated carbocycles. The third-order valence-electron chi connectivity index (χ3n) is 4.23. The van der Waals surface area contributed by atoms with Crippen LogP contribution in [-0.2, 0) is 15.7 Å². The normalized spacial score (nSPS) is 12.6. The Morgan fingerprint density at radius 3 is 2.35 bits per heavy atom. The highest BCUT2D eigenvalue weighted by atomic mass is 28.4. The molecule has 0 unspecified atom stereocenters. The van der Waals surface area contributed by atoms with E-state index in [1.807, 2.05) is 26.8 Å². The van der Waals surface area contributed by atoms with Crippen LogP contribution in [0.1, 0.15) is 47.1 Å². The van der Waals surface area contributed by atoms with Gasteiger partial charge in [-0.25, -0.2) is 4.79 Å². The third-order valence-corrected chi connectivity index (χ3v) is 8.76. The number of amides is 1. The van der Waals surface area contributed by atoms with Gasteiger partial charge in [-0.1, -0.05) is 20.8 Å². The van der Waals surface area contributed by atoms with Crippen LogP contribution in [0.5, 0.6) is 5.75 Å². The highest BCUT2D eigenvalue weighted by Gasteiger charge is 2.36. The smallest absolute Gasteiger partial charge is 0.407 e. The van der Waals surface area contributed by atoms with E-state index in [9.17, 15) is 4.79 Å². The molecule has 0 spiro atoms. The van der Waals surface area contributed by atoms with E-state index in [1.165, 1.54) is 0 Å². The Balaban J connectivity index is 2.44. The minimum absolute atomic E-state index is 0.182. The zero-order valence-electron chi connectivity index (χ0n) is 17.4. The van der Waals surface area contributed by atoms with E-state index in [0.717, 1.165) is 5.56 Å². The molecule has 6 nitrogen and oxygen atoms in total. The van der Waals surface area contributed by atoms with Gasteiger partial charge in [0.05, 0.1) is 12.8 Å². The zero-order valence-corrected chi connectivity index (χ0v) is 18.4. The summed E-state index contributed by atoms with van der Waals surface area (Å²) in [5.74, 6) is 0.660. The van der Waals surface area contributed by atoms with Crippen LogP contribution in [0.3, 0.4) is 0 Å². The van der Waals surface area contributed by atoms with Gasteiger partial charge in [-0.3, -0.25) is 4.98 Å². The standard InChI is InChI=1S/C19H34N2O4Si/c1-18(2,3)25-17(22)21-13-15-11-16(14-20-12-15)23-9-10-24-26(7,8)19(4,5)6/h11-12,14H,9-10,13H2,1-8H3,(H,21,22). The Morgan fingerprint density at radius 1 is 1.12 bits per heavy atom. The maximum Gasteiger partial charge on any atom is 0.407 e. The van der Waals surface area contributed by atoms with Crippen LogP contribution in [0.25, 0.3) is 0 Å². The average Bonchev–Trinajstić information content (AvgIpc) is 2.47. The first kappa shape index (κ1) is 22.4. The highest BCUT2D eigenvalue weighted by Crippen LogP contribution is 2.36. The molecule has 0 aliphatic heterocycles. The number of hydrogen-bond acceptors (Lipinski definition) is 5. The number of carbonyl (C=O) groups excluding carboxylic acids is 1. The summed E-state index contributed by atoms with van der Waals surface area (Å²) < 4.78 is 17.0. The second-order valence-electron chi connectivity index (χ2n) is 8.84. The summed E-state index contributed by atoms with van der Waals surface area (Å²) >= 11 is 0. The molecule has 7 heteroatoms. The van der Waals surface area contributed by atoms with Crippen molar-refractivity contribution in [1.29, 1.82) is 0 Å². The number of ether oxygens (including phenoxy) is 2. The van der Waals surface area contributed by atoms with Crippen LogP contribution in [-0.4, -0.2) is 38.2 Å². The lowest BCUT2D eigenvalue weighted by molar-refractivity contribution is 0.0523. The van der Waals surface area contributed by atoms with Crippen LogP contribution >= 0.6 is 0 Å². The quantitative estimate of drug-likeness (QED) is 0.555. The van der Waals surface area contributed by atoms with Crippen molar-refractivity contribution in [2.75, 3.05) is 13.2 Å². The first-order chi connectivity index (χ1) is 11.8. The molecule has 0 atom stereocenters. The first-order valence-corrected chi connectivity index (χ1v) is 11.9. The summed E-state index contributed by atoms with van der Waals surface area (Å²) in [6.45, 7) is 17.9. The maximum atomic E-state index is 11.7. The van der Waals surface area contributed by atoms with E-state index < -0.39 is 20.0 Å². The minimum Gasteiger partial charge on any atom is -0.490 e. The van der Waals surface area contributed by atoms with Crippen LogP contribution in [0.4, 0.5) is 4.79 Å². The van der Waals surface area contributed by atoms with Crippen molar-refractivity contribution in [3.8, 4) is 5.75 Å². The summed E-state index contributed by atoms with van der Waals surface area (Å²) in [4.78, 5) is 15.9. The van der Waals surface area contributed by atoms with Crippen molar-refractivity contribution in [3.05, 3.63) is 24.0 Å². The number of aromatic nitrogens is 1. The molecule has 0 aromatic carbocycles. The molecule has 0 bridgehead atoms. The molecule has 1 aromatic rings. The summed E-state index contributed by atoms with van der Waals surface area (Å²) in [5, 5.41) is 2.89. The van der Waals surface area contributed by atoms with E-state index >= 15 is 0 Å². The van der Waals surface area contributed by atoms with Gasteiger partial charge in [-0.05, 0) is 50.5 Å². The molecular weight excluding hydrogens is 348 g/mol. The van der Waals surface area contributed by atoms with E-state index in [4.69, 9.17) is 13.9 Å². The Kier molecular flexibility index (Phi) is 7.65. The van der Waals surface area contributed by atoms with Gasteiger partial charge < -0.3 is 19.2 Å². The average molecular weight is 383 g/mol. The van der Waals surface area contributed by atoms with Crippen LogP contribution in [0.2, 0.25) is 18.1 Å². The predicted octanol–water partition coefficient (Wildman–Crippen LogP) is 4.51. The number of pyridine rings is 1. The van der Waals surface area contributed by atoms with Crippen molar-refractivity contribution < 1.29 is 18.7 Å². The molecule has 1 rings (SSSR count). The molecule has 1 heterocycles. The third kappa shape index (κ3) is 8.18. The van der Waals surface area contributed by atoms with Crippen molar-refractivity contribution in [2.24, 2.45) is 0 Å². The fourth-order valence-corrected chi connectivity index (χ4v) is 2.83.